The van der Waals surface area contributed by atoms with Crippen LogP contribution in [0.5, 0.6) is 0 Å². The fraction of sp³-hybridized carbons (Fsp3) is 1.00. The molecule has 2 bridgehead atoms. The number of rotatable bonds is 0. The maximum Gasteiger partial charge on any atom is 0.0412 e. The molecule has 2 nitrogen and oxygen atoms in total. The Hall–Kier alpha value is -0.0800. The van der Waals surface area contributed by atoms with Gasteiger partial charge in [0.2, 0.25) is 0 Å². The Kier molecular flexibility index (Phi) is 1.78. The van der Waals surface area contributed by atoms with Crippen molar-refractivity contribution in [2.45, 2.75) is 62.6 Å². The molecule has 5 rings (SSSR count). The third-order valence-electron chi connectivity index (χ3n) is 6.78. The minimum Gasteiger partial charge on any atom is -0.295 e. The molecule has 0 aromatic carbocycles. The van der Waals surface area contributed by atoms with Crippen LogP contribution < -0.4 is 0 Å². The van der Waals surface area contributed by atoms with Gasteiger partial charge in [-0.25, -0.2) is 0 Å². The van der Waals surface area contributed by atoms with Gasteiger partial charge in [-0.3, -0.25) is 9.80 Å². The zero-order chi connectivity index (χ0) is 11.0. The van der Waals surface area contributed by atoms with Crippen LogP contribution in [0.2, 0.25) is 0 Å². The highest BCUT2D eigenvalue weighted by molar-refractivity contribution is 5.31. The molecule has 1 spiro atoms. The lowest BCUT2D eigenvalue weighted by Crippen LogP contribution is -2.51. The second-order valence-corrected chi connectivity index (χ2v) is 7.24. The molecule has 17 heavy (non-hydrogen) atoms. The molecule has 0 amide bonds. The Bertz CT molecular complexity index is 353. The Morgan fingerprint density at radius 2 is 1.94 bits per heavy atom. The third-order valence-corrected chi connectivity index (χ3v) is 6.78. The Morgan fingerprint density at radius 1 is 1.00 bits per heavy atom. The van der Waals surface area contributed by atoms with Gasteiger partial charge in [-0.05, 0) is 57.0 Å². The minimum atomic E-state index is 0.695. The van der Waals surface area contributed by atoms with Crippen LogP contribution in [0, 0.1) is 11.8 Å². The van der Waals surface area contributed by atoms with Gasteiger partial charge in [-0.2, -0.15) is 0 Å². The molecule has 4 heterocycles. The molecule has 5 atom stereocenters. The van der Waals surface area contributed by atoms with Crippen LogP contribution in [-0.4, -0.2) is 47.1 Å². The highest BCUT2D eigenvalue weighted by Gasteiger charge is 2.75. The second kappa shape index (κ2) is 3.08. The summed E-state index contributed by atoms with van der Waals surface area (Å²) < 4.78 is 0. The van der Waals surface area contributed by atoms with E-state index in [0.29, 0.717) is 5.54 Å². The molecule has 0 N–H and O–H groups in total. The smallest absolute Gasteiger partial charge is 0.0412 e. The topological polar surface area (TPSA) is 6.48 Å². The minimum absolute atomic E-state index is 0.695. The van der Waals surface area contributed by atoms with Crippen LogP contribution in [0.25, 0.3) is 0 Å². The van der Waals surface area contributed by atoms with Gasteiger partial charge in [0.25, 0.3) is 0 Å². The zero-order valence-corrected chi connectivity index (χ0v) is 10.8. The van der Waals surface area contributed by atoms with Crippen molar-refractivity contribution >= 4 is 0 Å². The summed E-state index contributed by atoms with van der Waals surface area (Å²) in [7, 11) is 0. The standard InChI is InChI=1S/C15H24N2/c1-3-8-17-13(5-1)11-9-12-14(17)15(12)6-2-4-7-16(15)10-11/h11-14H,1-10H2. The highest BCUT2D eigenvalue weighted by atomic mass is 15.4. The normalized spacial score (nSPS) is 57.2. The number of hydrogen-bond acceptors (Lipinski definition) is 2. The van der Waals surface area contributed by atoms with E-state index in [-0.39, 0.29) is 0 Å². The summed E-state index contributed by atoms with van der Waals surface area (Å²) in [6.07, 6.45) is 10.6. The summed E-state index contributed by atoms with van der Waals surface area (Å²) in [6.45, 7) is 4.30. The van der Waals surface area contributed by atoms with Gasteiger partial charge in [0.1, 0.15) is 0 Å². The molecule has 1 saturated carbocycles. The molecular weight excluding hydrogens is 208 g/mol. The molecule has 4 aliphatic heterocycles. The van der Waals surface area contributed by atoms with E-state index < -0.39 is 0 Å². The zero-order valence-electron chi connectivity index (χ0n) is 10.8. The molecule has 2 heteroatoms. The highest BCUT2D eigenvalue weighted by Crippen LogP contribution is 2.66. The maximum atomic E-state index is 2.98. The lowest BCUT2D eigenvalue weighted by atomic mass is 9.80. The summed E-state index contributed by atoms with van der Waals surface area (Å²) >= 11 is 0. The van der Waals surface area contributed by atoms with Gasteiger partial charge in [-0.15, -0.1) is 0 Å². The Morgan fingerprint density at radius 3 is 2.94 bits per heavy atom. The first-order valence-corrected chi connectivity index (χ1v) is 7.92. The number of piperidine rings is 4. The van der Waals surface area contributed by atoms with Crippen LogP contribution in [0.4, 0.5) is 0 Å². The summed E-state index contributed by atoms with van der Waals surface area (Å²) in [5.74, 6) is 2.11. The van der Waals surface area contributed by atoms with E-state index in [1.165, 1.54) is 58.2 Å². The van der Waals surface area contributed by atoms with Crippen molar-refractivity contribution in [3.8, 4) is 0 Å². The van der Waals surface area contributed by atoms with Crippen molar-refractivity contribution in [3.05, 3.63) is 0 Å². The molecule has 5 unspecified atom stereocenters. The van der Waals surface area contributed by atoms with Gasteiger partial charge >= 0.3 is 0 Å². The maximum absolute atomic E-state index is 2.98. The Labute approximate surface area is 104 Å². The molecule has 0 aromatic heterocycles. The predicted molar refractivity (Wildman–Crippen MR) is 67.9 cm³/mol. The summed E-state index contributed by atoms with van der Waals surface area (Å²) in [5, 5.41) is 0. The predicted octanol–water partition coefficient (Wildman–Crippen LogP) is 2.10. The molecular formula is C15H24N2. The van der Waals surface area contributed by atoms with Crippen molar-refractivity contribution < 1.29 is 0 Å². The average Bonchev–Trinajstić information content (AvgIpc) is 3.07. The summed E-state index contributed by atoms with van der Waals surface area (Å²) in [5.41, 5.74) is 0.695. The third kappa shape index (κ3) is 1.02. The first-order valence-electron chi connectivity index (χ1n) is 7.92. The lowest BCUT2D eigenvalue weighted by Gasteiger charge is -2.45. The van der Waals surface area contributed by atoms with Gasteiger partial charge in [0, 0.05) is 24.2 Å². The van der Waals surface area contributed by atoms with Gasteiger partial charge in [0.05, 0.1) is 0 Å². The second-order valence-electron chi connectivity index (χ2n) is 7.24. The summed E-state index contributed by atoms with van der Waals surface area (Å²) in [4.78, 5) is 5.92. The SMILES string of the molecule is C1CCN2C(C1)C1CC3C2C32CCCCN2C1. The van der Waals surface area contributed by atoms with Crippen LogP contribution in [-0.2, 0) is 0 Å². The van der Waals surface area contributed by atoms with E-state index in [2.05, 4.69) is 9.80 Å². The van der Waals surface area contributed by atoms with Crippen molar-refractivity contribution in [3.63, 3.8) is 0 Å². The molecule has 5 aliphatic rings. The lowest BCUT2D eigenvalue weighted by molar-refractivity contribution is 0.0316. The van der Waals surface area contributed by atoms with E-state index in [1.54, 1.807) is 6.42 Å². The average molecular weight is 232 g/mol. The van der Waals surface area contributed by atoms with Crippen molar-refractivity contribution in [2.24, 2.45) is 11.8 Å². The Balaban J connectivity index is 1.56. The number of hydrogen-bond donors (Lipinski definition) is 0. The van der Waals surface area contributed by atoms with E-state index in [1.807, 2.05) is 0 Å². The number of nitrogens with zero attached hydrogens (tertiary/aromatic N) is 2. The van der Waals surface area contributed by atoms with Crippen LogP contribution >= 0.6 is 0 Å². The van der Waals surface area contributed by atoms with Crippen molar-refractivity contribution in [2.75, 3.05) is 19.6 Å². The molecule has 1 aliphatic carbocycles. The molecule has 0 aromatic rings. The van der Waals surface area contributed by atoms with E-state index in [0.717, 1.165) is 23.9 Å². The van der Waals surface area contributed by atoms with Crippen molar-refractivity contribution in [1.82, 2.24) is 9.80 Å². The van der Waals surface area contributed by atoms with Gasteiger partial charge in [-0.1, -0.05) is 12.8 Å². The van der Waals surface area contributed by atoms with Gasteiger partial charge < -0.3 is 0 Å². The summed E-state index contributed by atoms with van der Waals surface area (Å²) in [6, 6.07) is 1.97. The van der Waals surface area contributed by atoms with Crippen LogP contribution in [0.15, 0.2) is 0 Å². The van der Waals surface area contributed by atoms with Crippen LogP contribution in [0.1, 0.15) is 44.9 Å². The van der Waals surface area contributed by atoms with E-state index >= 15 is 0 Å². The van der Waals surface area contributed by atoms with Crippen molar-refractivity contribution in [1.29, 1.82) is 0 Å². The van der Waals surface area contributed by atoms with Crippen LogP contribution in [0.3, 0.4) is 0 Å². The molecule has 5 fully saturated rings. The monoisotopic (exact) mass is 232 g/mol. The first kappa shape index (κ1) is 9.80. The fourth-order valence-corrected chi connectivity index (χ4v) is 6.22. The number of fused-ring (bicyclic) bond motifs is 4. The first-order chi connectivity index (χ1) is 8.41. The quantitative estimate of drug-likeness (QED) is 0.631. The van der Waals surface area contributed by atoms with E-state index in [4.69, 9.17) is 0 Å². The molecule has 4 saturated heterocycles. The van der Waals surface area contributed by atoms with Gasteiger partial charge in [0.15, 0.2) is 0 Å². The fourth-order valence-electron chi connectivity index (χ4n) is 6.22. The van der Waals surface area contributed by atoms with E-state index in [9.17, 15) is 0 Å². The molecule has 0 radical (unpaired) electrons. The molecule has 94 valence electrons. The largest absolute Gasteiger partial charge is 0.295 e.